The first-order valence-electron chi connectivity index (χ1n) is 5.62. The van der Waals surface area contributed by atoms with Gasteiger partial charge in [0, 0.05) is 0 Å². The first-order chi connectivity index (χ1) is 7.56. The van der Waals surface area contributed by atoms with Crippen LogP contribution < -0.4 is 0 Å². The van der Waals surface area contributed by atoms with E-state index in [4.69, 9.17) is 4.74 Å². The highest BCUT2D eigenvalue weighted by atomic mass is 16.5. The topological polar surface area (TPSA) is 9.23 Å². The van der Waals surface area contributed by atoms with Gasteiger partial charge in [-0.1, -0.05) is 58.2 Å². The van der Waals surface area contributed by atoms with Crippen molar-refractivity contribution in [1.29, 1.82) is 0 Å². The average Bonchev–Trinajstić information content (AvgIpc) is 2.26. The van der Waals surface area contributed by atoms with Crippen LogP contribution in [0.2, 0.25) is 0 Å². The molecule has 0 spiro atoms. The molecule has 1 heteroatoms. The molecule has 0 atom stereocenters. The molecule has 0 bridgehead atoms. The van der Waals surface area contributed by atoms with Gasteiger partial charge in [-0.15, -0.1) is 0 Å². The van der Waals surface area contributed by atoms with E-state index in [1.54, 1.807) is 6.08 Å². The number of hydrogen-bond donors (Lipinski definition) is 0. The van der Waals surface area contributed by atoms with Crippen molar-refractivity contribution in [3.8, 4) is 0 Å². The lowest BCUT2D eigenvalue weighted by Crippen LogP contribution is -1.84. The van der Waals surface area contributed by atoms with Gasteiger partial charge in [0.05, 0.1) is 0 Å². The lowest BCUT2D eigenvalue weighted by Gasteiger charge is -2.03. The summed E-state index contributed by atoms with van der Waals surface area (Å²) in [6, 6.07) is 0. The summed E-state index contributed by atoms with van der Waals surface area (Å²) in [6.45, 7) is 19.2. The van der Waals surface area contributed by atoms with E-state index in [-0.39, 0.29) is 0 Å². The monoisotopic (exact) mass is 220 g/mol. The fourth-order valence-electron chi connectivity index (χ4n) is 0.721. The Labute approximate surface area is 101 Å². The van der Waals surface area contributed by atoms with Crippen molar-refractivity contribution in [2.24, 2.45) is 0 Å². The Morgan fingerprint density at radius 2 is 1.50 bits per heavy atom. The van der Waals surface area contributed by atoms with Crippen LogP contribution in [0.3, 0.4) is 0 Å². The molecule has 0 heterocycles. The number of ether oxygens (including phenoxy) is 1. The molecule has 16 heavy (non-hydrogen) atoms. The molecule has 0 amide bonds. The molecular weight excluding hydrogens is 196 g/mol. The van der Waals surface area contributed by atoms with E-state index in [2.05, 4.69) is 26.7 Å². The van der Waals surface area contributed by atoms with Crippen LogP contribution >= 0.6 is 0 Å². The second-order valence-corrected chi connectivity index (χ2v) is 3.02. The zero-order chi connectivity index (χ0) is 13.0. The zero-order valence-electron chi connectivity index (χ0n) is 11.0. The molecule has 0 aromatic heterocycles. The summed E-state index contributed by atoms with van der Waals surface area (Å²) >= 11 is 0. The molecular formula is C15H24O. The smallest absolute Gasteiger partial charge is 0.120 e. The van der Waals surface area contributed by atoms with Crippen LogP contribution in [0, 0.1) is 0 Å². The molecule has 1 nitrogen and oxygen atoms in total. The maximum absolute atomic E-state index is 5.30. The molecule has 0 saturated heterocycles. The summed E-state index contributed by atoms with van der Waals surface area (Å²) in [7, 11) is 0. The Morgan fingerprint density at radius 3 is 1.94 bits per heavy atom. The molecule has 0 unspecified atom stereocenters. The summed E-state index contributed by atoms with van der Waals surface area (Å²) in [5, 5.41) is 0. The molecule has 0 N–H and O–H groups in total. The lowest BCUT2D eigenvalue weighted by molar-refractivity contribution is 0.340. The Kier molecular flexibility index (Phi) is 12.2. The summed E-state index contributed by atoms with van der Waals surface area (Å²) in [5.41, 5.74) is 0.962. The SMILES string of the molecule is C=C(C)/C=C\C(=C)OC(=C)/C=C\CC.CC. The second kappa shape index (κ2) is 11.6. The van der Waals surface area contributed by atoms with Gasteiger partial charge >= 0.3 is 0 Å². The lowest BCUT2D eigenvalue weighted by atomic mass is 10.3. The largest absolute Gasteiger partial charge is 0.459 e. The molecule has 0 aliphatic rings. The van der Waals surface area contributed by atoms with Gasteiger partial charge in [-0.3, -0.25) is 0 Å². The summed E-state index contributed by atoms with van der Waals surface area (Å²) < 4.78 is 5.30. The number of rotatable bonds is 6. The van der Waals surface area contributed by atoms with E-state index in [0.29, 0.717) is 11.5 Å². The Bertz CT molecular complexity index is 280. The van der Waals surface area contributed by atoms with Crippen molar-refractivity contribution in [1.82, 2.24) is 0 Å². The average molecular weight is 220 g/mol. The Balaban J connectivity index is 0. The summed E-state index contributed by atoms with van der Waals surface area (Å²) in [4.78, 5) is 0. The highest BCUT2D eigenvalue weighted by Crippen LogP contribution is 2.06. The van der Waals surface area contributed by atoms with E-state index in [1.165, 1.54) is 0 Å². The van der Waals surface area contributed by atoms with Crippen LogP contribution in [0.25, 0.3) is 0 Å². The van der Waals surface area contributed by atoms with Crippen molar-refractivity contribution in [3.05, 3.63) is 61.1 Å². The van der Waals surface area contributed by atoms with Gasteiger partial charge in [0.25, 0.3) is 0 Å². The molecule has 0 aliphatic carbocycles. The van der Waals surface area contributed by atoms with Crippen LogP contribution in [-0.4, -0.2) is 0 Å². The fraction of sp³-hybridized carbons (Fsp3) is 0.333. The highest BCUT2D eigenvalue weighted by Gasteiger charge is 1.90. The van der Waals surface area contributed by atoms with Gasteiger partial charge in [-0.2, -0.15) is 0 Å². The summed E-state index contributed by atoms with van der Waals surface area (Å²) in [5.74, 6) is 1.17. The third-order valence-electron chi connectivity index (χ3n) is 1.36. The van der Waals surface area contributed by atoms with Crippen molar-refractivity contribution in [2.45, 2.75) is 34.1 Å². The van der Waals surface area contributed by atoms with Crippen LogP contribution in [-0.2, 0) is 4.74 Å². The van der Waals surface area contributed by atoms with Crippen molar-refractivity contribution in [2.75, 3.05) is 0 Å². The van der Waals surface area contributed by atoms with E-state index in [9.17, 15) is 0 Å². The van der Waals surface area contributed by atoms with Gasteiger partial charge in [-0.25, -0.2) is 0 Å². The summed E-state index contributed by atoms with van der Waals surface area (Å²) in [6.07, 6.45) is 8.40. The Hall–Kier alpha value is -1.50. The fourth-order valence-corrected chi connectivity index (χ4v) is 0.721. The van der Waals surface area contributed by atoms with Crippen LogP contribution in [0.5, 0.6) is 0 Å². The zero-order valence-corrected chi connectivity index (χ0v) is 11.0. The van der Waals surface area contributed by atoms with E-state index >= 15 is 0 Å². The van der Waals surface area contributed by atoms with E-state index in [0.717, 1.165) is 12.0 Å². The van der Waals surface area contributed by atoms with Crippen LogP contribution in [0.1, 0.15) is 34.1 Å². The van der Waals surface area contributed by atoms with Crippen LogP contribution in [0.15, 0.2) is 61.1 Å². The van der Waals surface area contributed by atoms with Gasteiger partial charge in [0.15, 0.2) is 0 Å². The predicted octanol–water partition coefficient (Wildman–Crippen LogP) is 5.16. The Morgan fingerprint density at radius 1 is 1.00 bits per heavy atom. The molecule has 0 aromatic rings. The maximum atomic E-state index is 5.30. The molecule has 0 aromatic carbocycles. The highest BCUT2D eigenvalue weighted by molar-refractivity contribution is 5.21. The minimum absolute atomic E-state index is 0.568. The first-order valence-corrected chi connectivity index (χ1v) is 5.62. The molecule has 0 saturated carbocycles. The quantitative estimate of drug-likeness (QED) is 0.444. The second-order valence-electron chi connectivity index (χ2n) is 3.02. The molecule has 0 radical (unpaired) electrons. The van der Waals surface area contributed by atoms with Gasteiger partial charge in [0.1, 0.15) is 11.5 Å². The maximum Gasteiger partial charge on any atom is 0.120 e. The van der Waals surface area contributed by atoms with E-state index in [1.807, 2.05) is 39.0 Å². The first kappa shape index (κ1) is 16.9. The molecule has 0 rings (SSSR count). The number of allylic oxidation sites excluding steroid dienone is 5. The van der Waals surface area contributed by atoms with Crippen LogP contribution in [0.4, 0.5) is 0 Å². The van der Waals surface area contributed by atoms with Crippen molar-refractivity contribution in [3.63, 3.8) is 0 Å². The third kappa shape index (κ3) is 12.5. The minimum Gasteiger partial charge on any atom is -0.459 e. The normalized spacial score (nSPS) is 9.75. The van der Waals surface area contributed by atoms with Gasteiger partial charge in [-0.05, 0) is 25.5 Å². The number of hydrogen-bond acceptors (Lipinski definition) is 1. The standard InChI is InChI=1S/C13H18O.C2H6/c1-6-7-8-12(4)14-13(5)10-9-11(2)3;1-2/h7-10H,2,4-6H2,1,3H3;1-2H3/b8-7-,10-9-;. The van der Waals surface area contributed by atoms with Gasteiger partial charge < -0.3 is 4.74 Å². The van der Waals surface area contributed by atoms with Gasteiger partial charge in [0.2, 0.25) is 0 Å². The van der Waals surface area contributed by atoms with Crippen molar-refractivity contribution >= 4 is 0 Å². The molecule has 90 valence electrons. The molecule has 0 aliphatic heterocycles. The molecule has 0 fully saturated rings. The van der Waals surface area contributed by atoms with E-state index < -0.39 is 0 Å². The predicted molar refractivity (Wildman–Crippen MR) is 74.1 cm³/mol. The third-order valence-corrected chi connectivity index (χ3v) is 1.36. The van der Waals surface area contributed by atoms with Crippen molar-refractivity contribution < 1.29 is 4.74 Å². The minimum atomic E-state index is 0.568.